The third-order valence-corrected chi connectivity index (χ3v) is 3.17. The van der Waals surface area contributed by atoms with Gasteiger partial charge < -0.3 is 10.3 Å². The number of amides is 1. The maximum absolute atomic E-state index is 11.9. The SMILES string of the molecule is Cc1cccc(C(=O)NCCc2cnc[nH]2)c1Cl. The van der Waals surface area contributed by atoms with Crippen LogP contribution in [-0.2, 0) is 6.42 Å². The van der Waals surface area contributed by atoms with E-state index in [-0.39, 0.29) is 5.91 Å². The standard InChI is InChI=1S/C13H14ClN3O/c1-9-3-2-4-11(12(9)14)13(18)16-6-5-10-7-15-8-17-10/h2-4,7-8H,5-6H2,1H3,(H,15,17)(H,16,18). The van der Waals surface area contributed by atoms with Crippen LogP contribution in [0.1, 0.15) is 21.6 Å². The largest absolute Gasteiger partial charge is 0.352 e. The molecule has 0 aliphatic rings. The number of nitrogens with one attached hydrogen (secondary N) is 2. The molecule has 1 heterocycles. The Hall–Kier alpha value is -1.81. The van der Waals surface area contributed by atoms with Crippen molar-refractivity contribution in [2.75, 3.05) is 6.54 Å². The summed E-state index contributed by atoms with van der Waals surface area (Å²) in [5, 5.41) is 3.34. The van der Waals surface area contributed by atoms with Gasteiger partial charge in [-0.05, 0) is 18.6 Å². The van der Waals surface area contributed by atoms with Crippen LogP contribution in [0, 0.1) is 6.92 Å². The van der Waals surface area contributed by atoms with Gasteiger partial charge in [0.05, 0.1) is 16.9 Å². The van der Waals surface area contributed by atoms with E-state index < -0.39 is 0 Å². The average molecular weight is 264 g/mol. The summed E-state index contributed by atoms with van der Waals surface area (Å²) >= 11 is 6.09. The van der Waals surface area contributed by atoms with E-state index in [1.54, 1.807) is 18.6 Å². The first-order valence-corrected chi connectivity index (χ1v) is 6.07. The van der Waals surface area contributed by atoms with Gasteiger partial charge in [-0.1, -0.05) is 23.7 Å². The number of carbonyl (C=O) groups excluding carboxylic acids is 1. The number of aromatic nitrogens is 2. The number of halogens is 1. The second kappa shape index (κ2) is 5.69. The van der Waals surface area contributed by atoms with Crippen molar-refractivity contribution in [3.63, 3.8) is 0 Å². The highest BCUT2D eigenvalue weighted by Crippen LogP contribution is 2.19. The predicted molar refractivity (Wildman–Crippen MR) is 70.8 cm³/mol. The summed E-state index contributed by atoms with van der Waals surface area (Å²) in [6, 6.07) is 5.43. The first-order valence-electron chi connectivity index (χ1n) is 5.69. The monoisotopic (exact) mass is 263 g/mol. The third kappa shape index (κ3) is 2.90. The van der Waals surface area contributed by atoms with Gasteiger partial charge in [-0.25, -0.2) is 4.98 Å². The van der Waals surface area contributed by atoms with Gasteiger partial charge in [0.1, 0.15) is 0 Å². The maximum atomic E-state index is 11.9. The molecule has 0 aliphatic heterocycles. The fourth-order valence-electron chi connectivity index (χ4n) is 1.65. The van der Waals surface area contributed by atoms with E-state index in [0.29, 0.717) is 17.1 Å². The van der Waals surface area contributed by atoms with Crippen LogP contribution in [0.3, 0.4) is 0 Å². The van der Waals surface area contributed by atoms with Crippen molar-refractivity contribution in [3.05, 3.63) is 52.6 Å². The molecule has 1 amide bonds. The number of rotatable bonds is 4. The molecule has 18 heavy (non-hydrogen) atoms. The molecule has 0 unspecified atom stereocenters. The Morgan fingerprint density at radius 1 is 1.50 bits per heavy atom. The zero-order valence-corrected chi connectivity index (χ0v) is 10.8. The molecule has 1 aromatic heterocycles. The topological polar surface area (TPSA) is 57.8 Å². The molecule has 94 valence electrons. The molecule has 0 bridgehead atoms. The quantitative estimate of drug-likeness (QED) is 0.890. The lowest BCUT2D eigenvalue weighted by molar-refractivity contribution is 0.0954. The van der Waals surface area contributed by atoms with Crippen LogP contribution in [-0.4, -0.2) is 22.4 Å². The number of carbonyl (C=O) groups is 1. The summed E-state index contributed by atoms with van der Waals surface area (Å²) in [5.41, 5.74) is 2.41. The smallest absolute Gasteiger partial charge is 0.252 e. The molecule has 5 heteroatoms. The first-order chi connectivity index (χ1) is 8.68. The predicted octanol–water partition coefficient (Wildman–Crippen LogP) is 2.34. The second-order valence-corrected chi connectivity index (χ2v) is 4.40. The van der Waals surface area contributed by atoms with Crippen LogP contribution in [0.25, 0.3) is 0 Å². The number of aromatic amines is 1. The Morgan fingerprint density at radius 2 is 2.33 bits per heavy atom. The Labute approximate surface area is 110 Å². The Balaban J connectivity index is 1.93. The van der Waals surface area contributed by atoms with Crippen molar-refractivity contribution in [3.8, 4) is 0 Å². The molecule has 0 fully saturated rings. The summed E-state index contributed by atoms with van der Waals surface area (Å²) in [6.45, 7) is 2.43. The van der Waals surface area contributed by atoms with E-state index in [0.717, 1.165) is 17.7 Å². The van der Waals surface area contributed by atoms with Crippen LogP contribution in [0.2, 0.25) is 5.02 Å². The van der Waals surface area contributed by atoms with Gasteiger partial charge >= 0.3 is 0 Å². The molecule has 2 rings (SSSR count). The molecule has 0 atom stereocenters. The van der Waals surface area contributed by atoms with Crippen molar-refractivity contribution < 1.29 is 4.79 Å². The molecule has 4 nitrogen and oxygen atoms in total. The van der Waals surface area contributed by atoms with E-state index in [9.17, 15) is 4.79 Å². The molecule has 0 aliphatic carbocycles. The highest BCUT2D eigenvalue weighted by atomic mass is 35.5. The fourth-order valence-corrected chi connectivity index (χ4v) is 1.86. The summed E-state index contributed by atoms with van der Waals surface area (Å²) in [5.74, 6) is -0.150. The Bertz CT molecular complexity index is 537. The van der Waals surface area contributed by atoms with Crippen LogP contribution in [0.5, 0.6) is 0 Å². The lowest BCUT2D eigenvalue weighted by atomic mass is 10.1. The van der Waals surface area contributed by atoms with Crippen molar-refractivity contribution in [1.29, 1.82) is 0 Å². The Morgan fingerprint density at radius 3 is 3.06 bits per heavy atom. The number of nitrogens with zero attached hydrogens (tertiary/aromatic N) is 1. The van der Waals surface area contributed by atoms with E-state index in [2.05, 4.69) is 15.3 Å². The molecule has 0 radical (unpaired) electrons. The normalized spacial score (nSPS) is 10.3. The fraction of sp³-hybridized carbons (Fsp3) is 0.231. The molecular formula is C13H14ClN3O. The minimum absolute atomic E-state index is 0.150. The van der Waals surface area contributed by atoms with Crippen molar-refractivity contribution in [2.45, 2.75) is 13.3 Å². The zero-order chi connectivity index (χ0) is 13.0. The summed E-state index contributed by atoms with van der Waals surface area (Å²) in [6.07, 6.45) is 4.08. The lowest BCUT2D eigenvalue weighted by Crippen LogP contribution is -2.26. The number of aryl methyl sites for hydroxylation is 1. The van der Waals surface area contributed by atoms with Gasteiger partial charge in [0, 0.05) is 24.9 Å². The van der Waals surface area contributed by atoms with Crippen LogP contribution in [0.4, 0.5) is 0 Å². The van der Waals surface area contributed by atoms with Crippen LogP contribution >= 0.6 is 11.6 Å². The van der Waals surface area contributed by atoms with Gasteiger partial charge in [0.15, 0.2) is 0 Å². The second-order valence-electron chi connectivity index (χ2n) is 4.02. The minimum atomic E-state index is -0.150. The van der Waals surface area contributed by atoms with E-state index in [1.165, 1.54) is 0 Å². The van der Waals surface area contributed by atoms with Gasteiger partial charge in [-0.3, -0.25) is 4.79 Å². The molecule has 0 saturated heterocycles. The molecule has 0 saturated carbocycles. The molecule has 2 aromatic rings. The minimum Gasteiger partial charge on any atom is -0.352 e. The average Bonchev–Trinajstić information content (AvgIpc) is 2.85. The van der Waals surface area contributed by atoms with E-state index >= 15 is 0 Å². The van der Waals surface area contributed by atoms with Crippen molar-refractivity contribution in [2.24, 2.45) is 0 Å². The number of hydrogen-bond acceptors (Lipinski definition) is 2. The van der Waals surface area contributed by atoms with Crippen LogP contribution < -0.4 is 5.32 Å². The number of hydrogen-bond donors (Lipinski definition) is 2. The molecule has 0 spiro atoms. The molecule has 1 aromatic carbocycles. The van der Waals surface area contributed by atoms with Gasteiger partial charge in [0.25, 0.3) is 5.91 Å². The van der Waals surface area contributed by atoms with Crippen LogP contribution in [0.15, 0.2) is 30.7 Å². The zero-order valence-electron chi connectivity index (χ0n) is 10.0. The Kier molecular flexibility index (Phi) is 3.99. The van der Waals surface area contributed by atoms with Gasteiger partial charge in [-0.2, -0.15) is 0 Å². The number of H-pyrrole nitrogens is 1. The van der Waals surface area contributed by atoms with Crippen molar-refractivity contribution in [1.82, 2.24) is 15.3 Å². The third-order valence-electron chi connectivity index (χ3n) is 2.67. The molecular weight excluding hydrogens is 250 g/mol. The number of imidazole rings is 1. The lowest BCUT2D eigenvalue weighted by Gasteiger charge is -2.07. The first kappa shape index (κ1) is 12.6. The highest BCUT2D eigenvalue weighted by molar-refractivity contribution is 6.34. The summed E-state index contributed by atoms with van der Waals surface area (Å²) in [7, 11) is 0. The number of benzene rings is 1. The molecule has 2 N–H and O–H groups in total. The van der Waals surface area contributed by atoms with E-state index in [4.69, 9.17) is 11.6 Å². The summed E-state index contributed by atoms with van der Waals surface area (Å²) < 4.78 is 0. The van der Waals surface area contributed by atoms with Gasteiger partial charge in [-0.15, -0.1) is 0 Å². The highest BCUT2D eigenvalue weighted by Gasteiger charge is 2.10. The van der Waals surface area contributed by atoms with E-state index in [1.807, 2.05) is 19.1 Å². The summed E-state index contributed by atoms with van der Waals surface area (Å²) in [4.78, 5) is 18.8. The van der Waals surface area contributed by atoms with Gasteiger partial charge in [0.2, 0.25) is 0 Å². The van der Waals surface area contributed by atoms with Crippen molar-refractivity contribution >= 4 is 17.5 Å². The maximum Gasteiger partial charge on any atom is 0.252 e.